The van der Waals surface area contributed by atoms with Crippen LogP contribution in [0, 0.1) is 20.8 Å². The van der Waals surface area contributed by atoms with E-state index in [1.165, 1.54) is 0 Å². The SMILES string of the molecule is CCCCN(C)C(C)(C)C(C)(C)NC(=O)c1cc(CC)on1.CCCCN(C)C(C)(C)C(C)(C)NC(=O)c1noc(CC)c1C.CCCN(C)C(C)(CCC)C(C)(C)NC(=O)c1cc(CC)on1.CCCN(C)C(C)(CCC)C(C)(C)NC(=O)c1noc(CC)c1C.CCCN(C)C(CC)(CC)C(C)(C)NC(=O)c1cc(CC)on1.CCCN(C)C(CC)(CC)C(C)(C)NC(=O)c1noc(CC)c1C. The Kier molecular flexibility index (Phi) is 53.2. The maximum absolute atomic E-state index is 12.8. The minimum absolute atomic E-state index is 0.101. The molecule has 6 amide bonds. The number of amides is 6. The molecule has 0 aliphatic rings. The van der Waals surface area contributed by atoms with Gasteiger partial charge in [0, 0.05) is 107 Å². The molecule has 0 spiro atoms. The van der Waals surface area contributed by atoms with Crippen LogP contribution in [-0.2, 0) is 38.5 Å². The Balaban J connectivity index is 0.000000834. The standard InChI is InChI=1S/2C19H35N3O2.3C18H33N3O2.C17H31N3O2/c1-9-12-19(7,22(8)13-10-2)18(5,6)20-17(23)16-14(4)15(11-3)24-21-16;1-9-13-22(8)19(11-3,12-4)18(6,7)20-17(23)16-14(5)15(10-2)24-21-16;1-9-11-12-21(8)18(6,7)17(4,5)19-16(22)15-13(3)14(10-2)23-20-15;1-8-11-18(6,21(7)12-9-2)17(4,5)19-16(22)15-13-14(10-3)23-20-15;1-8-12-21(7)18(10-3,11-4)17(5,6)19-16(22)15-13-14(9-2)23-20-15;1-8-10-11-20(7)17(5,6)16(3,4)18-15(21)14-12-13(9-2)22-19-14/h2*9-13H2,1-8H3,(H,20,23);9-12H2,1-8H3,(H,19,22);2*13H,8-12H2,1-7H3,(H,19,22);12H,8-11H2,1-7H3,(H,18,21). The number of rotatable bonds is 52. The molecule has 2 atom stereocenters. The summed E-state index contributed by atoms with van der Waals surface area (Å²) in [7, 11) is 12.8. The van der Waals surface area contributed by atoms with Crippen LogP contribution >= 0.6 is 0 Å². The smallest absolute Gasteiger partial charge is 0.274 e. The topological polar surface area (TPSA) is 350 Å². The van der Waals surface area contributed by atoms with Gasteiger partial charge in [0.1, 0.15) is 34.6 Å². The van der Waals surface area contributed by atoms with Crippen molar-refractivity contribution in [2.24, 2.45) is 0 Å². The summed E-state index contributed by atoms with van der Waals surface area (Å²) in [6, 6.07) is 5.15. The first-order valence-corrected chi connectivity index (χ1v) is 52.5. The molecule has 6 rings (SSSR count). The highest BCUT2D eigenvalue weighted by molar-refractivity contribution is 5.96. The van der Waals surface area contributed by atoms with E-state index in [-0.39, 0.29) is 74.2 Å². The second kappa shape index (κ2) is 57.4. The molecule has 798 valence electrons. The zero-order valence-corrected chi connectivity index (χ0v) is 96.3. The molecule has 6 aromatic rings. The van der Waals surface area contributed by atoms with E-state index in [1.807, 2.05) is 76.2 Å². The van der Waals surface area contributed by atoms with Gasteiger partial charge in [0.25, 0.3) is 35.4 Å². The quantitative estimate of drug-likeness (QED) is 0.0207. The maximum Gasteiger partial charge on any atom is 0.274 e. The summed E-state index contributed by atoms with van der Waals surface area (Å²) in [5.74, 6) is 3.48. The van der Waals surface area contributed by atoms with Crippen molar-refractivity contribution in [3.05, 3.63) is 104 Å². The lowest BCUT2D eigenvalue weighted by molar-refractivity contribution is 0.0206. The lowest BCUT2D eigenvalue weighted by Crippen LogP contribution is -2.67. The molecule has 0 saturated carbocycles. The molecule has 6 heterocycles. The molecule has 30 nitrogen and oxygen atoms in total. The van der Waals surface area contributed by atoms with Gasteiger partial charge < -0.3 is 59.0 Å². The zero-order chi connectivity index (χ0) is 107. The van der Waals surface area contributed by atoms with Crippen LogP contribution in [0.5, 0.6) is 0 Å². The normalized spacial score (nSPS) is 13.4. The third kappa shape index (κ3) is 32.9. The van der Waals surface area contributed by atoms with Gasteiger partial charge in [-0.3, -0.25) is 58.2 Å². The Hall–Kier alpha value is -8.16. The first-order valence-electron chi connectivity index (χ1n) is 52.5. The minimum atomic E-state index is -0.412. The molecule has 0 bridgehead atoms. The van der Waals surface area contributed by atoms with Gasteiger partial charge in [-0.05, 0) is 304 Å². The van der Waals surface area contributed by atoms with Crippen molar-refractivity contribution in [2.45, 2.75) is 478 Å². The maximum atomic E-state index is 12.8. The zero-order valence-electron chi connectivity index (χ0n) is 96.3. The second-order valence-corrected chi connectivity index (χ2v) is 42.7. The molecule has 0 aliphatic carbocycles. The number of aryl methyl sites for hydroxylation is 6. The number of nitrogens with zero attached hydrogens (tertiary/aromatic N) is 12. The number of likely N-dealkylation sites (N-methyl/N-ethyl adjacent to an activating group) is 6. The molecule has 0 radical (unpaired) electrons. The van der Waals surface area contributed by atoms with Crippen molar-refractivity contribution in [3.8, 4) is 0 Å². The molecular weight excluding hydrogens is 1750 g/mol. The number of unbranched alkanes of at least 4 members (excludes halogenated alkanes) is 2. The van der Waals surface area contributed by atoms with Crippen LogP contribution in [0.1, 0.15) is 466 Å². The summed E-state index contributed by atoms with van der Waals surface area (Å²) < 4.78 is 31.2. The van der Waals surface area contributed by atoms with Gasteiger partial charge in [-0.1, -0.05) is 181 Å². The molecule has 0 fully saturated rings. The van der Waals surface area contributed by atoms with Gasteiger partial charge in [0.2, 0.25) is 0 Å². The third-order valence-electron chi connectivity index (χ3n) is 31.5. The number of aromatic nitrogens is 6. The van der Waals surface area contributed by atoms with Crippen LogP contribution in [0.15, 0.2) is 45.3 Å². The van der Waals surface area contributed by atoms with Gasteiger partial charge in [-0.2, -0.15) is 0 Å². The third-order valence-corrected chi connectivity index (χ3v) is 31.5. The molecule has 6 N–H and O–H groups in total. The van der Waals surface area contributed by atoms with E-state index in [2.05, 4.69) is 328 Å². The molecular formula is C109H200N18O12. The highest BCUT2D eigenvalue weighted by Gasteiger charge is 2.51. The first kappa shape index (κ1) is 129. The Morgan fingerprint density at radius 3 is 0.712 bits per heavy atom. The molecule has 139 heavy (non-hydrogen) atoms. The number of hydrogen-bond acceptors (Lipinski definition) is 24. The Morgan fingerprint density at radius 2 is 0.496 bits per heavy atom. The highest BCUT2D eigenvalue weighted by Crippen LogP contribution is 2.40. The predicted molar refractivity (Wildman–Crippen MR) is 567 cm³/mol. The molecule has 0 aromatic carbocycles. The fraction of sp³-hybridized carbons (Fsp3) is 0.780. The molecule has 0 saturated heterocycles. The lowest BCUT2D eigenvalue weighted by atomic mass is 9.73. The van der Waals surface area contributed by atoms with Crippen molar-refractivity contribution in [2.75, 3.05) is 81.6 Å². The predicted octanol–water partition coefficient (Wildman–Crippen LogP) is 22.0. The van der Waals surface area contributed by atoms with Crippen LogP contribution in [0.3, 0.4) is 0 Å². The highest BCUT2D eigenvalue weighted by atomic mass is 16.5. The van der Waals surface area contributed by atoms with Crippen molar-refractivity contribution in [3.63, 3.8) is 0 Å². The van der Waals surface area contributed by atoms with Crippen LogP contribution in [0.2, 0.25) is 0 Å². The van der Waals surface area contributed by atoms with Crippen molar-refractivity contribution >= 4 is 35.4 Å². The molecule has 6 aromatic heterocycles. The number of hydrogen-bond donors (Lipinski definition) is 6. The summed E-state index contributed by atoms with van der Waals surface area (Å²) in [5.41, 5.74) is 1.50. The second-order valence-electron chi connectivity index (χ2n) is 42.7. The number of carbonyl (C=O) groups is 6. The lowest BCUT2D eigenvalue weighted by Gasteiger charge is -2.52. The fourth-order valence-electron chi connectivity index (χ4n) is 19.2. The van der Waals surface area contributed by atoms with E-state index >= 15 is 0 Å². The van der Waals surface area contributed by atoms with Crippen LogP contribution in [-0.4, -0.2) is 244 Å². The average molecular weight is 1950 g/mol. The van der Waals surface area contributed by atoms with E-state index in [0.29, 0.717) is 34.2 Å². The van der Waals surface area contributed by atoms with Gasteiger partial charge in [0.15, 0.2) is 34.2 Å². The van der Waals surface area contributed by atoms with Crippen molar-refractivity contribution in [1.82, 2.24) is 92.2 Å². The Morgan fingerprint density at radius 1 is 0.266 bits per heavy atom. The monoisotopic (exact) mass is 1950 g/mol. The number of carbonyl (C=O) groups excluding carboxylic acids is 6. The van der Waals surface area contributed by atoms with Crippen molar-refractivity contribution in [1.29, 1.82) is 0 Å². The summed E-state index contributed by atoms with van der Waals surface area (Å²) in [6.45, 7) is 88.0. The number of nitrogens with one attached hydrogen (secondary N) is 6. The first-order chi connectivity index (χ1) is 64.6. The van der Waals surface area contributed by atoms with Crippen LogP contribution in [0.25, 0.3) is 0 Å². The van der Waals surface area contributed by atoms with Gasteiger partial charge >= 0.3 is 0 Å². The van der Waals surface area contributed by atoms with E-state index in [4.69, 9.17) is 27.1 Å². The van der Waals surface area contributed by atoms with E-state index in [0.717, 1.165) is 232 Å². The van der Waals surface area contributed by atoms with Crippen molar-refractivity contribution < 1.29 is 55.9 Å². The fourth-order valence-corrected chi connectivity index (χ4v) is 19.2. The summed E-state index contributed by atoms with van der Waals surface area (Å²) in [4.78, 5) is 89.9. The average Bonchev–Trinajstić information content (AvgIpc) is 1.59. The van der Waals surface area contributed by atoms with Gasteiger partial charge in [0.05, 0.1) is 33.2 Å². The summed E-state index contributed by atoms with van der Waals surface area (Å²) in [6.07, 6.45) is 21.4. The van der Waals surface area contributed by atoms with Gasteiger partial charge in [-0.25, -0.2) is 0 Å². The minimum Gasteiger partial charge on any atom is -0.361 e. The Labute approximate surface area is 842 Å². The summed E-state index contributed by atoms with van der Waals surface area (Å²) in [5, 5.41) is 42.6. The molecule has 0 aliphatic heterocycles. The van der Waals surface area contributed by atoms with E-state index < -0.39 is 27.7 Å². The Bertz CT molecular complexity index is 4600. The molecule has 2 unspecified atom stereocenters. The van der Waals surface area contributed by atoms with E-state index in [9.17, 15) is 28.8 Å². The largest absolute Gasteiger partial charge is 0.361 e. The van der Waals surface area contributed by atoms with E-state index in [1.54, 1.807) is 18.2 Å². The van der Waals surface area contributed by atoms with Crippen LogP contribution < -0.4 is 31.9 Å². The molecule has 30 heteroatoms. The summed E-state index contributed by atoms with van der Waals surface area (Å²) >= 11 is 0. The van der Waals surface area contributed by atoms with Gasteiger partial charge in [-0.15, -0.1) is 0 Å². The van der Waals surface area contributed by atoms with Crippen LogP contribution in [0.4, 0.5) is 0 Å².